The van der Waals surface area contributed by atoms with Gasteiger partial charge in [-0.3, -0.25) is 0 Å². The number of hydrogen-bond acceptors (Lipinski definition) is 1. The van der Waals surface area contributed by atoms with Crippen molar-refractivity contribution in [2.75, 3.05) is 13.6 Å². The van der Waals surface area contributed by atoms with E-state index in [9.17, 15) is 0 Å². The predicted molar refractivity (Wildman–Crippen MR) is 84.2 cm³/mol. The van der Waals surface area contributed by atoms with Crippen LogP contribution in [0, 0.1) is 5.41 Å². The molecule has 0 bridgehead atoms. The third-order valence-corrected chi connectivity index (χ3v) is 3.77. The monoisotopic (exact) mass is 275 g/mol. The summed E-state index contributed by atoms with van der Waals surface area (Å²) in [5, 5.41) is 0.786. The van der Waals surface area contributed by atoms with Gasteiger partial charge >= 0.3 is 0 Å². The maximum atomic E-state index is 5.99. The Kier molecular flexibility index (Phi) is 4.05. The number of nitrogens with zero attached hydrogens (tertiary/aromatic N) is 1. The van der Waals surface area contributed by atoms with E-state index in [0.717, 1.165) is 18.0 Å². The highest BCUT2D eigenvalue weighted by atomic mass is 35.5. The fourth-order valence-electron chi connectivity index (χ4n) is 2.37. The van der Waals surface area contributed by atoms with E-state index in [1.807, 2.05) is 12.1 Å². The number of likely N-dealkylation sites (N-methyl/N-ethyl adjacent to an activating group) is 1. The van der Waals surface area contributed by atoms with Gasteiger partial charge in [-0.15, -0.1) is 0 Å². The van der Waals surface area contributed by atoms with Gasteiger partial charge in [0.1, 0.15) is 0 Å². The maximum absolute atomic E-state index is 5.99. The summed E-state index contributed by atoms with van der Waals surface area (Å²) in [6.45, 7) is 7.87. The molecular weight excluding hydrogens is 254 g/mol. The van der Waals surface area contributed by atoms with Gasteiger partial charge in [-0.05, 0) is 41.2 Å². The normalized spacial score (nSPS) is 16.8. The number of allylic oxidation sites excluding steroid dienone is 2. The average molecular weight is 276 g/mol. The summed E-state index contributed by atoms with van der Waals surface area (Å²) in [4.78, 5) is 2.31. The lowest BCUT2D eigenvalue weighted by atomic mass is 9.81. The summed E-state index contributed by atoms with van der Waals surface area (Å²) in [6.07, 6.45) is 5.76. The SMILES string of the molecule is CN1CCC=C1/C=C(\c1ccc(Cl)cc1)C(C)(C)C. The Hall–Kier alpha value is -1.21. The van der Waals surface area contributed by atoms with Gasteiger partial charge in [-0.1, -0.05) is 50.6 Å². The quantitative estimate of drug-likeness (QED) is 0.735. The van der Waals surface area contributed by atoms with Crippen molar-refractivity contribution in [2.24, 2.45) is 5.41 Å². The Balaban J connectivity index is 2.42. The van der Waals surface area contributed by atoms with Crippen molar-refractivity contribution in [1.82, 2.24) is 4.90 Å². The summed E-state index contributed by atoms with van der Waals surface area (Å²) < 4.78 is 0. The Morgan fingerprint density at radius 1 is 1.21 bits per heavy atom. The van der Waals surface area contributed by atoms with Crippen LogP contribution in [-0.2, 0) is 0 Å². The highest BCUT2D eigenvalue weighted by Gasteiger charge is 2.20. The molecule has 0 atom stereocenters. The van der Waals surface area contributed by atoms with Crippen molar-refractivity contribution in [3.63, 3.8) is 0 Å². The number of benzene rings is 1. The van der Waals surface area contributed by atoms with E-state index in [1.165, 1.54) is 16.8 Å². The second-order valence-electron chi connectivity index (χ2n) is 6.15. The zero-order chi connectivity index (χ0) is 14.0. The predicted octanol–water partition coefficient (Wildman–Crippen LogP) is 4.99. The molecular formula is C17H22ClN. The minimum absolute atomic E-state index is 0.109. The van der Waals surface area contributed by atoms with E-state index >= 15 is 0 Å². The second kappa shape index (κ2) is 5.42. The molecule has 0 aliphatic carbocycles. The average Bonchev–Trinajstić information content (AvgIpc) is 2.72. The molecule has 1 aliphatic heterocycles. The third kappa shape index (κ3) is 3.42. The van der Waals surface area contributed by atoms with E-state index in [1.54, 1.807) is 0 Å². The third-order valence-electron chi connectivity index (χ3n) is 3.51. The summed E-state index contributed by atoms with van der Waals surface area (Å²) in [5.41, 5.74) is 4.03. The zero-order valence-corrected chi connectivity index (χ0v) is 13.0. The van der Waals surface area contributed by atoms with Crippen LogP contribution >= 0.6 is 11.6 Å². The largest absolute Gasteiger partial charge is 0.375 e. The Morgan fingerprint density at radius 2 is 1.84 bits per heavy atom. The molecule has 0 radical (unpaired) electrons. The van der Waals surface area contributed by atoms with E-state index in [4.69, 9.17) is 11.6 Å². The molecule has 1 aliphatic rings. The van der Waals surface area contributed by atoms with Crippen molar-refractivity contribution in [1.29, 1.82) is 0 Å². The summed E-state index contributed by atoms with van der Waals surface area (Å²) >= 11 is 5.99. The Morgan fingerprint density at radius 3 is 2.32 bits per heavy atom. The first-order valence-corrected chi connectivity index (χ1v) is 7.15. The molecule has 0 amide bonds. The molecule has 0 unspecified atom stereocenters. The highest BCUT2D eigenvalue weighted by Crippen LogP contribution is 2.36. The molecule has 0 saturated heterocycles. The van der Waals surface area contributed by atoms with Crippen molar-refractivity contribution in [3.05, 3.63) is 52.7 Å². The van der Waals surface area contributed by atoms with Crippen molar-refractivity contribution < 1.29 is 0 Å². The zero-order valence-electron chi connectivity index (χ0n) is 12.2. The van der Waals surface area contributed by atoms with E-state index in [2.05, 4.69) is 57.0 Å². The van der Waals surface area contributed by atoms with Gasteiger partial charge in [0.05, 0.1) is 0 Å². The molecule has 0 fully saturated rings. The van der Waals surface area contributed by atoms with Gasteiger partial charge in [0.25, 0.3) is 0 Å². The molecule has 0 spiro atoms. The summed E-state index contributed by atoms with van der Waals surface area (Å²) in [6, 6.07) is 8.14. The summed E-state index contributed by atoms with van der Waals surface area (Å²) in [5.74, 6) is 0. The maximum Gasteiger partial charge on any atom is 0.0406 e. The smallest absolute Gasteiger partial charge is 0.0406 e. The molecule has 1 heterocycles. The molecule has 102 valence electrons. The first-order valence-electron chi connectivity index (χ1n) is 6.77. The Labute approximate surface area is 121 Å². The minimum atomic E-state index is 0.109. The van der Waals surface area contributed by atoms with Gasteiger partial charge in [0.2, 0.25) is 0 Å². The lowest BCUT2D eigenvalue weighted by Gasteiger charge is -2.25. The molecule has 0 aromatic heterocycles. The highest BCUT2D eigenvalue weighted by molar-refractivity contribution is 6.30. The topological polar surface area (TPSA) is 3.24 Å². The van der Waals surface area contributed by atoms with Crippen molar-refractivity contribution in [3.8, 4) is 0 Å². The van der Waals surface area contributed by atoms with Crippen LogP contribution < -0.4 is 0 Å². The van der Waals surface area contributed by atoms with Gasteiger partial charge in [-0.25, -0.2) is 0 Å². The van der Waals surface area contributed by atoms with E-state index < -0.39 is 0 Å². The standard InChI is InChI=1S/C17H22ClN/c1-17(2,3)16(12-15-6-5-11-19(15)4)13-7-9-14(18)10-8-13/h6-10,12H,5,11H2,1-4H3/b16-12+. The number of rotatable bonds is 2. The van der Waals surface area contributed by atoms with Gasteiger partial charge in [0.15, 0.2) is 0 Å². The van der Waals surface area contributed by atoms with Gasteiger partial charge < -0.3 is 4.90 Å². The fourth-order valence-corrected chi connectivity index (χ4v) is 2.50. The molecule has 1 aromatic carbocycles. The van der Waals surface area contributed by atoms with Crippen molar-refractivity contribution in [2.45, 2.75) is 27.2 Å². The molecule has 0 N–H and O–H groups in total. The number of hydrogen-bond donors (Lipinski definition) is 0. The first-order chi connectivity index (χ1) is 8.88. The van der Waals surface area contributed by atoms with Gasteiger partial charge in [0, 0.05) is 24.3 Å². The van der Waals surface area contributed by atoms with E-state index in [0.29, 0.717) is 0 Å². The molecule has 2 rings (SSSR count). The molecule has 19 heavy (non-hydrogen) atoms. The molecule has 1 aromatic rings. The Bertz CT molecular complexity index is 503. The molecule has 2 heteroatoms. The van der Waals surface area contributed by atoms with Crippen LogP contribution in [0.2, 0.25) is 5.02 Å². The van der Waals surface area contributed by atoms with Crippen LogP contribution in [0.3, 0.4) is 0 Å². The van der Waals surface area contributed by atoms with Crippen LogP contribution in [0.1, 0.15) is 32.8 Å². The summed E-state index contributed by atoms with van der Waals surface area (Å²) in [7, 11) is 2.15. The lowest BCUT2D eigenvalue weighted by Crippen LogP contribution is -2.14. The van der Waals surface area contributed by atoms with Crippen LogP contribution in [0.25, 0.3) is 5.57 Å². The van der Waals surface area contributed by atoms with Gasteiger partial charge in [-0.2, -0.15) is 0 Å². The van der Waals surface area contributed by atoms with Crippen LogP contribution in [0.5, 0.6) is 0 Å². The van der Waals surface area contributed by atoms with Crippen LogP contribution in [-0.4, -0.2) is 18.5 Å². The second-order valence-corrected chi connectivity index (χ2v) is 6.59. The first kappa shape index (κ1) is 14.2. The van der Waals surface area contributed by atoms with Crippen LogP contribution in [0.4, 0.5) is 0 Å². The fraction of sp³-hybridized carbons (Fsp3) is 0.412. The van der Waals surface area contributed by atoms with Crippen molar-refractivity contribution >= 4 is 17.2 Å². The minimum Gasteiger partial charge on any atom is -0.375 e. The molecule has 1 nitrogen and oxygen atoms in total. The van der Waals surface area contributed by atoms with E-state index in [-0.39, 0.29) is 5.41 Å². The number of halogens is 1. The molecule has 0 saturated carbocycles. The lowest BCUT2D eigenvalue weighted by molar-refractivity contribution is 0.470. The van der Waals surface area contributed by atoms with Crippen LogP contribution in [0.15, 0.2) is 42.1 Å².